The maximum absolute atomic E-state index is 5.22. The number of halogens is 1. The van der Waals surface area contributed by atoms with Crippen molar-refractivity contribution in [2.75, 3.05) is 7.11 Å². The highest BCUT2D eigenvalue weighted by Gasteiger charge is 2.14. The lowest BCUT2D eigenvalue weighted by Gasteiger charge is -2.16. The van der Waals surface area contributed by atoms with Crippen LogP contribution in [0.5, 0.6) is 5.75 Å². The van der Waals surface area contributed by atoms with Crippen molar-refractivity contribution in [3.05, 3.63) is 64.7 Å². The molecule has 0 amide bonds. The van der Waals surface area contributed by atoms with Gasteiger partial charge in [0.1, 0.15) is 5.75 Å². The SMILES string of the molecule is CCc1ccc(CC)c(C(Br)c2ccc(OC)cc2)c1. The van der Waals surface area contributed by atoms with Crippen molar-refractivity contribution in [2.45, 2.75) is 31.5 Å². The van der Waals surface area contributed by atoms with E-state index in [0.29, 0.717) is 0 Å². The third-order valence-electron chi connectivity index (χ3n) is 3.68. The van der Waals surface area contributed by atoms with E-state index in [1.54, 1.807) is 7.11 Å². The summed E-state index contributed by atoms with van der Waals surface area (Å²) in [7, 11) is 1.69. The van der Waals surface area contributed by atoms with Crippen LogP contribution in [0, 0.1) is 0 Å². The fourth-order valence-corrected chi connectivity index (χ4v) is 3.11. The highest BCUT2D eigenvalue weighted by atomic mass is 79.9. The van der Waals surface area contributed by atoms with E-state index < -0.39 is 0 Å². The zero-order chi connectivity index (χ0) is 14.5. The van der Waals surface area contributed by atoms with Crippen molar-refractivity contribution in [2.24, 2.45) is 0 Å². The molecule has 0 fully saturated rings. The normalized spacial score (nSPS) is 12.2. The number of rotatable bonds is 5. The van der Waals surface area contributed by atoms with Gasteiger partial charge in [-0.05, 0) is 47.2 Å². The van der Waals surface area contributed by atoms with Crippen LogP contribution in [0.1, 0.15) is 40.9 Å². The molecule has 1 unspecified atom stereocenters. The Morgan fingerprint density at radius 3 is 2.25 bits per heavy atom. The van der Waals surface area contributed by atoms with Crippen molar-refractivity contribution in [3.8, 4) is 5.75 Å². The summed E-state index contributed by atoms with van der Waals surface area (Å²) in [5, 5.41) is 0. The van der Waals surface area contributed by atoms with Crippen molar-refractivity contribution in [1.29, 1.82) is 0 Å². The Hall–Kier alpha value is -1.28. The number of hydrogen-bond donors (Lipinski definition) is 0. The van der Waals surface area contributed by atoms with Gasteiger partial charge in [-0.3, -0.25) is 0 Å². The van der Waals surface area contributed by atoms with Crippen LogP contribution in [0.3, 0.4) is 0 Å². The molecule has 1 nitrogen and oxygen atoms in total. The van der Waals surface area contributed by atoms with Crippen LogP contribution >= 0.6 is 15.9 Å². The minimum Gasteiger partial charge on any atom is -0.497 e. The molecule has 0 aromatic heterocycles. The minimum absolute atomic E-state index is 0.231. The number of benzene rings is 2. The topological polar surface area (TPSA) is 9.23 Å². The van der Waals surface area contributed by atoms with Gasteiger partial charge in [0.05, 0.1) is 11.9 Å². The first-order valence-electron chi connectivity index (χ1n) is 7.09. The van der Waals surface area contributed by atoms with E-state index in [1.807, 2.05) is 12.1 Å². The zero-order valence-electron chi connectivity index (χ0n) is 12.3. The Bertz CT molecular complexity index is 560. The quantitative estimate of drug-likeness (QED) is 0.674. The Kier molecular flexibility index (Phi) is 5.24. The fourth-order valence-electron chi connectivity index (χ4n) is 2.37. The van der Waals surface area contributed by atoms with Crippen LogP contribution in [0.4, 0.5) is 0 Å². The molecule has 1 atom stereocenters. The molecule has 0 saturated heterocycles. The minimum atomic E-state index is 0.231. The highest BCUT2D eigenvalue weighted by molar-refractivity contribution is 9.09. The summed E-state index contributed by atoms with van der Waals surface area (Å²) in [6, 6.07) is 15.1. The van der Waals surface area contributed by atoms with Crippen molar-refractivity contribution in [3.63, 3.8) is 0 Å². The van der Waals surface area contributed by atoms with Gasteiger partial charge in [0.25, 0.3) is 0 Å². The average molecular weight is 333 g/mol. The summed E-state index contributed by atoms with van der Waals surface area (Å²) >= 11 is 3.85. The first-order valence-corrected chi connectivity index (χ1v) is 8.00. The lowest BCUT2D eigenvalue weighted by molar-refractivity contribution is 0.414. The molecule has 2 aromatic rings. The van der Waals surface area contributed by atoms with Gasteiger partial charge in [0, 0.05) is 0 Å². The van der Waals surface area contributed by atoms with Gasteiger partial charge in [-0.1, -0.05) is 60.1 Å². The zero-order valence-corrected chi connectivity index (χ0v) is 13.9. The molecule has 0 bridgehead atoms. The molecule has 0 heterocycles. The Morgan fingerprint density at radius 2 is 1.70 bits per heavy atom. The molecule has 0 spiro atoms. The van der Waals surface area contributed by atoms with E-state index in [2.05, 4.69) is 60.1 Å². The molecular formula is C18H21BrO. The Morgan fingerprint density at radius 1 is 1.00 bits per heavy atom. The first kappa shape index (κ1) is 15.1. The molecule has 0 N–H and O–H groups in total. The van der Waals surface area contributed by atoms with Gasteiger partial charge in [-0.15, -0.1) is 0 Å². The van der Waals surface area contributed by atoms with Crippen LogP contribution in [0.2, 0.25) is 0 Å². The van der Waals surface area contributed by atoms with Crippen molar-refractivity contribution < 1.29 is 4.74 Å². The van der Waals surface area contributed by atoms with E-state index in [-0.39, 0.29) is 4.83 Å². The van der Waals surface area contributed by atoms with Gasteiger partial charge in [0.15, 0.2) is 0 Å². The van der Waals surface area contributed by atoms with Crippen LogP contribution < -0.4 is 4.74 Å². The standard InChI is InChI=1S/C18H21BrO/c1-4-13-6-7-14(5-2)17(12-13)18(19)15-8-10-16(20-3)11-9-15/h6-12,18H,4-5H2,1-3H3. The molecule has 2 aromatic carbocycles. The molecule has 0 aliphatic heterocycles. The summed E-state index contributed by atoms with van der Waals surface area (Å²) < 4.78 is 5.22. The summed E-state index contributed by atoms with van der Waals surface area (Å²) in [6.45, 7) is 4.40. The van der Waals surface area contributed by atoms with Gasteiger partial charge in [-0.25, -0.2) is 0 Å². The highest BCUT2D eigenvalue weighted by Crippen LogP contribution is 2.34. The summed E-state index contributed by atoms with van der Waals surface area (Å²) in [5.41, 5.74) is 5.42. The van der Waals surface area contributed by atoms with Gasteiger partial charge >= 0.3 is 0 Å². The van der Waals surface area contributed by atoms with Crippen LogP contribution in [0.25, 0.3) is 0 Å². The predicted molar refractivity (Wildman–Crippen MR) is 89.0 cm³/mol. The van der Waals surface area contributed by atoms with E-state index in [9.17, 15) is 0 Å². The second kappa shape index (κ2) is 6.94. The van der Waals surface area contributed by atoms with Crippen LogP contribution in [-0.2, 0) is 12.8 Å². The monoisotopic (exact) mass is 332 g/mol. The van der Waals surface area contributed by atoms with Crippen LogP contribution in [0.15, 0.2) is 42.5 Å². The van der Waals surface area contributed by atoms with Gasteiger partial charge < -0.3 is 4.74 Å². The third kappa shape index (κ3) is 3.24. The average Bonchev–Trinajstić information content (AvgIpc) is 2.53. The predicted octanol–water partition coefficient (Wildman–Crippen LogP) is 5.30. The lowest BCUT2D eigenvalue weighted by atomic mass is 9.95. The maximum Gasteiger partial charge on any atom is 0.118 e. The van der Waals surface area contributed by atoms with Crippen molar-refractivity contribution in [1.82, 2.24) is 0 Å². The van der Waals surface area contributed by atoms with E-state index >= 15 is 0 Å². The molecular weight excluding hydrogens is 312 g/mol. The summed E-state index contributed by atoms with van der Waals surface area (Å²) in [6.07, 6.45) is 2.12. The second-order valence-electron chi connectivity index (χ2n) is 4.88. The number of ether oxygens (including phenoxy) is 1. The van der Waals surface area contributed by atoms with Gasteiger partial charge in [0.2, 0.25) is 0 Å². The molecule has 0 radical (unpaired) electrons. The second-order valence-corrected chi connectivity index (χ2v) is 5.79. The Balaban J connectivity index is 2.37. The maximum atomic E-state index is 5.22. The van der Waals surface area contributed by atoms with E-state index in [1.165, 1.54) is 22.3 Å². The molecule has 0 saturated carbocycles. The largest absolute Gasteiger partial charge is 0.497 e. The smallest absolute Gasteiger partial charge is 0.118 e. The number of alkyl halides is 1. The number of hydrogen-bond acceptors (Lipinski definition) is 1. The Labute approximate surface area is 130 Å². The number of aryl methyl sites for hydroxylation is 2. The molecule has 20 heavy (non-hydrogen) atoms. The van der Waals surface area contributed by atoms with Gasteiger partial charge in [-0.2, -0.15) is 0 Å². The molecule has 106 valence electrons. The lowest BCUT2D eigenvalue weighted by Crippen LogP contribution is -2.00. The summed E-state index contributed by atoms with van der Waals surface area (Å²) in [5.74, 6) is 0.895. The number of methoxy groups -OCH3 is 1. The third-order valence-corrected chi connectivity index (χ3v) is 4.70. The molecule has 0 aliphatic rings. The molecule has 0 aliphatic carbocycles. The van der Waals surface area contributed by atoms with E-state index in [0.717, 1.165) is 18.6 Å². The molecule has 2 rings (SSSR count). The van der Waals surface area contributed by atoms with Crippen LogP contribution in [-0.4, -0.2) is 7.11 Å². The van der Waals surface area contributed by atoms with E-state index in [4.69, 9.17) is 4.74 Å². The first-order chi connectivity index (χ1) is 9.69. The summed E-state index contributed by atoms with van der Waals surface area (Å²) in [4.78, 5) is 0.231. The molecule has 2 heteroatoms. The fraction of sp³-hybridized carbons (Fsp3) is 0.333. The van der Waals surface area contributed by atoms with Crippen molar-refractivity contribution >= 4 is 15.9 Å².